The summed E-state index contributed by atoms with van der Waals surface area (Å²) in [4.78, 5) is 5.19. The van der Waals surface area contributed by atoms with Crippen molar-refractivity contribution in [2.24, 2.45) is 0 Å². The molecule has 0 aliphatic rings. The zero-order chi connectivity index (χ0) is 100. The Labute approximate surface area is 779 Å². The van der Waals surface area contributed by atoms with Gasteiger partial charge in [0, 0.05) is 91.9 Å². The summed E-state index contributed by atoms with van der Waals surface area (Å²) in [6, 6.07) is 32.1. The van der Waals surface area contributed by atoms with E-state index in [0.29, 0.717) is 75.3 Å². The van der Waals surface area contributed by atoms with Crippen molar-refractivity contribution in [1.82, 2.24) is 0 Å². The van der Waals surface area contributed by atoms with Gasteiger partial charge in [0.2, 0.25) is 23.3 Å². The number of benzene rings is 11. The largest absolute Gasteiger partial charge is 0.238 e. The number of aryl methyl sites for hydroxylation is 6. The maximum atomic E-state index is 15.8. The molecule has 0 radical (unpaired) electrons. The van der Waals surface area contributed by atoms with Crippen LogP contribution in [-0.4, -0.2) is 0 Å². The summed E-state index contributed by atoms with van der Waals surface area (Å²) in [5.74, 6) is -68.2. The van der Waals surface area contributed by atoms with E-state index in [2.05, 4.69) is 4.85 Å². The van der Waals surface area contributed by atoms with Gasteiger partial charge < -0.3 is 0 Å². The highest BCUT2D eigenvalue weighted by molar-refractivity contribution is 7.17. The van der Waals surface area contributed by atoms with Crippen LogP contribution in [0, 0.1) is 246 Å². The first-order valence-corrected chi connectivity index (χ1v) is 43.6. The number of nitrogens with zero attached hydrogens (tertiary/aromatic N) is 2. The molecule has 17 rings (SSSR count). The molecule has 2 nitrogen and oxygen atoms in total. The Balaban J connectivity index is 0.000000160. The number of hydrogen-bond acceptors (Lipinski definition) is 7. The lowest BCUT2D eigenvalue weighted by Crippen LogP contribution is -2.04. The topological polar surface area (TPSA) is 28.1 Å². The molecule has 0 amide bonds. The highest BCUT2D eigenvalue weighted by Gasteiger charge is 2.39. The molecule has 6 heterocycles. The third-order valence-corrected chi connectivity index (χ3v) is 28.3. The van der Waals surface area contributed by atoms with E-state index in [-0.39, 0.29) is 75.1 Å². The summed E-state index contributed by atoms with van der Waals surface area (Å²) in [5, 5.41) is 9.06. The number of nitriles is 1. The number of rotatable bonds is 14. The van der Waals surface area contributed by atoms with Crippen LogP contribution >= 0.6 is 68.0 Å². The molecular formula is C98H40F32N2S6. The molecule has 0 fully saturated rings. The van der Waals surface area contributed by atoms with Crippen LogP contribution in [0.3, 0.4) is 0 Å². The molecule has 6 aromatic heterocycles. The average Bonchev–Trinajstić information content (AvgIpc) is 1.62. The van der Waals surface area contributed by atoms with E-state index in [0.717, 1.165) is 71.9 Å². The monoisotopic (exact) mass is 2040 g/mol. The Kier molecular flexibility index (Phi) is 27.2. The van der Waals surface area contributed by atoms with Gasteiger partial charge in [-0.3, -0.25) is 0 Å². The smallest absolute Gasteiger partial charge is 0.200 e. The number of halogens is 32. The van der Waals surface area contributed by atoms with E-state index in [1.807, 2.05) is 6.07 Å². The minimum atomic E-state index is -2.48. The van der Waals surface area contributed by atoms with Gasteiger partial charge in [0.1, 0.15) is 0 Å². The van der Waals surface area contributed by atoms with Crippen molar-refractivity contribution >= 4 is 73.7 Å². The third-order valence-electron chi connectivity index (χ3n) is 21.8. The molecule has 0 saturated heterocycles. The van der Waals surface area contributed by atoms with Crippen LogP contribution in [0.4, 0.5) is 146 Å². The van der Waals surface area contributed by atoms with E-state index < -0.39 is 252 Å². The van der Waals surface area contributed by atoms with Crippen molar-refractivity contribution in [3.63, 3.8) is 0 Å². The molecule has 0 unspecified atom stereocenters. The molecule has 0 spiro atoms. The number of thiophene rings is 6. The lowest BCUT2D eigenvalue weighted by atomic mass is 9.92. The standard InChI is InChI=1S/C40H16F14S2.C30H16F4N2S2.C28H8F14S2/c1-13-19(11-21(55-13)15-3-7-17(8-4-15)23-27(41)33(47)39(53)34(48)28(23)42)25-26(32(46)38(52)37(51)31(25)45)20-12-22(56-14(20)2)16-5-9-18(10-6-16)24-29(43)35(49)40(54)36(50)30(24)44;1-15-21(12-23(37-15)18-6-4-17(14-35)5-7-18)25-26(28(32)30(34)29(33)27(25)31)22-13-24(38-16(22)2)19-8-10-20(36-3)11-9-19;1-5-7(3-9(43-5)13-17(31)23(37)27(41)24(38)18(13)32)11-12(16(30)22(36)21(35)15(11)29)8-4-10(44-6(8)2)14-19(33)25(39)28(42)26(40)20(14)34/h3-12H,1-2H3;4-13H,1-2H3;3-4H,1-2H3. The van der Waals surface area contributed by atoms with Gasteiger partial charge in [-0.25, -0.2) is 145 Å². The van der Waals surface area contributed by atoms with Gasteiger partial charge in [-0.05, 0) is 157 Å². The molecule has 0 bridgehead atoms. The van der Waals surface area contributed by atoms with Crippen LogP contribution in [0.2, 0.25) is 0 Å². The fourth-order valence-electron chi connectivity index (χ4n) is 15.0. The van der Waals surface area contributed by atoms with Crippen molar-refractivity contribution in [3.8, 4) is 158 Å². The summed E-state index contributed by atoms with van der Waals surface area (Å²) in [7, 11) is 0. The van der Waals surface area contributed by atoms with Crippen molar-refractivity contribution in [1.29, 1.82) is 5.26 Å². The molecule has 0 aliphatic carbocycles. The second-order valence-electron chi connectivity index (χ2n) is 29.8. The van der Waals surface area contributed by atoms with Crippen LogP contribution in [0.25, 0.3) is 157 Å². The predicted molar refractivity (Wildman–Crippen MR) is 461 cm³/mol. The molecule has 40 heteroatoms. The van der Waals surface area contributed by atoms with Gasteiger partial charge in [0.25, 0.3) is 0 Å². The Hall–Kier alpha value is -13.6. The van der Waals surface area contributed by atoms with Crippen LogP contribution in [0.5, 0.6) is 0 Å². The first kappa shape index (κ1) is 98.9. The van der Waals surface area contributed by atoms with Crippen LogP contribution in [0.15, 0.2) is 133 Å². The fourth-order valence-corrected chi connectivity index (χ4v) is 21.2. The zero-order valence-corrected chi connectivity index (χ0v) is 74.0. The van der Waals surface area contributed by atoms with Crippen molar-refractivity contribution in [3.05, 3.63) is 366 Å². The van der Waals surface area contributed by atoms with E-state index in [1.54, 1.807) is 74.5 Å². The quantitative estimate of drug-likeness (QED) is 0.0462. The Morgan fingerprint density at radius 3 is 0.522 bits per heavy atom. The first-order chi connectivity index (χ1) is 65.2. The average molecular weight is 2050 g/mol. The molecular weight excluding hydrogens is 2010 g/mol. The molecule has 138 heavy (non-hydrogen) atoms. The van der Waals surface area contributed by atoms with Crippen LogP contribution in [-0.2, 0) is 0 Å². The molecule has 0 N–H and O–H groups in total. The van der Waals surface area contributed by atoms with Gasteiger partial charge in [0.05, 0.1) is 40.5 Å². The van der Waals surface area contributed by atoms with Gasteiger partial charge >= 0.3 is 0 Å². The van der Waals surface area contributed by atoms with Crippen LogP contribution < -0.4 is 0 Å². The van der Waals surface area contributed by atoms with Crippen LogP contribution in [0.1, 0.15) is 34.8 Å². The van der Waals surface area contributed by atoms with Crippen molar-refractivity contribution in [2.45, 2.75) is 41.5 Å². The van der Waals surface area contributed by atoms with Gasteiger partial charge in [-0.15, -0.1) is 68.0 Å². The normalized spacial score (nSPS) is 11.4. The molecule has 0 saturated carbocycles. The molecule has 17 aromatic rings. The second-order valence-corrected chi connectivity index (χ2v) is 37.3. The minimum Gasteiger partial charge on any atom is -0.238 e. The van der Waals surface area contributed by atoms with Gasteiger partial charge in [-0.1, -0.05) is 84.9 Å². The summed E-state index contributed by atoms with van der Waals surface area (Å²) >= 11 is 5.16. The zero-order valence-electron chi connectivity index (χ0n) is 69.1. The minimum absolute atomic E-state index is 0.0848. The summed E-state index contributed by atoms with van der Waals surface area (Å²) in [6.07, 6.45) is 0. The van der Waals surface area contributed by atoms with Gasteiger partial charge in [0.15, 0.2) is 169 Å². The maximum absolute atomic E-state index is 15.8. The molecule has 11 aromatic carbocycles. The van der Waals surface area contributed by atoms with E-state index in [1.165, 1.54) is 72.9 Å². The fraction of sp³-hybridized carbons (Fsp3) is 0.0612. The van der Waals surface area contributed by atoms with E-state index in [9.17, 15) is 114 Å². The predicted octanol–water partition coefficient (Wildman–Crippen LogP) is 35.5. The van der Waals surface area contributed by atoms with Crippen molar-refractivity contribution < 1.29 is 140 Å². The summed E-state index contributed by atoms with van der Waals surface area (Å²) in [6.45, 7) is 15.7. The lowest BCUT2D eigenvalue weighted by molar-refractivity contribution is 0.381. The summed E-state index contributed by atoms with van der Waals surface area (Å²) in [5.41, 5.74) is -8.23. The molecule has 0 atom stereocenters. The number of hydrogen-bond donors (Lipinski definition) is 0. The second kappa shape index (κ2) is 38.0. The van der Waals surface area contributed by atoms with E-state index >= 15 is 26.3 Å². The maximum Gasteiger partial charge on any atom is 0.200 e. The lowest BCUT2D eigenvalue weighted by Gasteiger charge is -2.14. The Morgan fingerprint density at radius 2 is 0.333 bits per heavy atom. The Morgan fingerprint density at radius 1 is 0.188 bits per heavy atom. The summed E-state index contributed by atoms with van der Waals surface area (Å²) < 4.78 is 462. The van der Waals surface area contributed by atoms with Crippen molar-refractivity contribution in [2.75, 3.05) is 0 Å². The van der Waals surface area contributed by atoms with E-state index in [4.69, 9.17) is 11.8 Å². The SMILES string of the molecule is Cc1sc(-c2c(F)c(F)c(F)c(F)c2F)cc1-c1c(F)c(F)c(F)c(F)c1-c1cc(-c2c(F)c(F)c(F)c(F)c2F)sc1C.Cc1sc(-c2ccc(-c3c(F)c(F)c(F)c(F)c3F)cc2)cc1-c1c(F)c(F)c(F)c(F)c1-c1cc(-c2ccc(-c3c(F)c(F)c(F)c(F)c3F)cc2)sc1C.[C-]#[N+]c1ccc(-c2cc(-c3c(F)c(F)c(F)c(F)c3-c3cc(-c4ccc(C#N)cc4)sc3C)c(C)s2)cc1. The first-order valence-electron chi connectivity index (χ1n) is 38.7. The Bertz CT molecular complexity index is 7470. The third kappa shape index (κ3) is 16.9. The highest BCUT2D eigenvalue weighted by Crippen LogP contribution is 2.55. The highest BCUT2D eigenvalue weighted by atomic mass is 32.1. The molecule has 702 valence electrons. The van der Waals surface area contributed by atoms with Gasteiger partial charge in [-0.2, -0.15) is 5.26 Å². The molecule has 0 aliphatic heterocycles.